The summed E-state index contributed by atoms with van der Waals surface area (Å²) in [5.74, 6) is 0.487. The van der Waals surface area contributed by atoms with Gasteiger partial charge in [-0.2, -0.15) is 0 Å². The molecule has 7 heteroatoms. The second kappa shape index (κ2) is 10.1. The lowest BCUT2D eigenvalue weighted by molar-refractivity contribution is -0.118. The van der Waals surface area contributed by atoms with E-state index in [1.807, 2.05) is 19.1 Å². The van der Waals surface area contributed by atoms with Crippen molar-refractivity contribution in [1.29, 1.82) is 0 Å². The first-order chi connectivity index (χ1) is 14.5. The van der Waals surface area contributed by atoms with Crippen molar-refractivity contribution in [2.45, 2.75) is 6.92 Å². The molecule has 1 N–H and O–H groups in total. The van der Waals surface area contributed by atoms with Gasteiger partial charge in [0.2, 0.25) is 0 Å². The van der Waals surface area contributed by atoms with Crippen LogP contribution in [0.1, 0.15) is 20.1 Å². The van der Waals surface area contributed by atoms with Crippen LogP contribution in [0, 0.1) is 6.92 Å². The molecule has 0 aliphatic carbocycles. The highest BCUT2D eigenvalue weighted by Gasteiger charge is 2.10. The van der Waals surface area contributed by atoms with E-state index in [1.54, 1.807) is 48.5 Å². The smallest absolute Gasteiger partial charge is 0.262 e. The van der Waals surface area contributed by atoms with E-state index in [9.17, 15) is 9.59 Å². The van der Waals surface area contributed by atoms with Gasteiger partial charge in [-0.1, -0.05) is 35.9 Å². The largest absolute Gasteiger partial charge is 0.493 e. The first-order valence-electron chi connectivity index (χ1n) is 9.10. The summed E-state index contributed by atoms with van der Waals surface area (Å²) in [4.78, 5) is 26.1. The summed E-state index contributed by atoms with van der Waals surface area (Å²) in [5.41, 5.74) is 1.30. The van der Waals surface area contributed by atoms with E-state index in [1.165, 1.54) is 24.5 Å². The molecule has 0 saturated carbocycles. The molecule has 0 spiro atoms. The van der Waals surface area contributed by atoms with Gasteiger partial charge in [-0.05, 0) is 55.0 Å². The predicted molar refractivity (Wildman–Crippen MR) is 121 cm³/mol. The first-order valence-corrected chi connectivity index (χ1v) is 10.3. The maximum atomic E-state index is 12.2. The molecule has 0 fully saturated rings. The van der Waals surface area contributed by atoms with Crippen LogP contribution in [0.4, 0.5) is 5.69 Å². The van der Waals surface area contributed by atoms with Crippen molar-refractivity contribution in [3.8, 4) is 11.5 Å². The molecule has 0 unspecified atom stereocenters. The van der Waals surface area contributed by atoms with Crippen LogP contribution in [0.15, 0.2) is 60.7 Å². The fourth-order valence-electron chi connectivity index (χ4n) is 2.62. The summed E-state index contributed by atoms with van der Waals surface area (Å²) in [6, 6.07) is 15.9. The predicted octanol–water partition coefficient (Wildman–Crippen LogP) is 5.63. The Morgan fingerprint density at radius 2 is 1.90 bits per heavy atom. The van der Waals surface area contributed by atoms with Crippen LogP contribution in [-0.4, -0.2) is 25.4 Å². The Labute approximate surface area is 183 Å². The van der Waals surface area contributed by atoms with E-state index in [0.717, 1.165) is 10.4 Å². The molecular weight excluding hydrogens is 422 g/mol. The number of nitrogens with one attached hydrogen (secondary N) is 1. The minimum atomic E-state index is -0.342. The molecule has 30 heavy (non-hydrogen) atoms. The third kappa shape index (κ3) is 5.72. The van der Waals surface area contributed by atoms with Crippen LogP contribution in [0.3, 0.4) is 0 Å². The van der Waals surface area contributed by atoms with Crippen molar-refractivity contribution in [2.75, 3.05) is 19.0 Å². The number of hydrogen-bond donors (Lipinski definition) is 1. The van der Waals surface area contributed by atoms with Gasteiger partial charge < -0.3 is 14.8 Å². The average Bonchev–Trinajstić information content (AvgIpc) is 3.18. The summed E-state index contributed by atoms with van der Waals surface area (Å²) < 4.78 is 10.9. The van der Waals surface area contributed by atoms with Gasteiger partial charge in [0.05, 0.1) is 22.7 Å². The number of carbonyl (C=O) groups excluding carboxylic acids is 2. The van der Waals surface area contributed by atoms with E-state index in [-0.39, 0.29) is 18.3 Å². The summed E-state index contributed by atoms with van der Waals surface area (Å²) in [5, 5.41) is 3.15. The molecule has 154 valence electrons. The van der Waals surface area contributed by atoms with Gasteiger partial charge in [0.1, 0.15) is 0 Å². The Kier molecular flexibility index (Phi) is 7.27. The lowest BCUT2D eigenvalue weighted by Gasteiger charge is -2.12. The molecule has 2 aromatic carbocycles. The van der Waals surface area contributed by atoms with Crippen molar-refractivity contribution in [3.63, 3.8) is 0 Å². The van der Waals surface area contributed by atoms with Crippen molar-refractivity contribution in [3.05, 3.63) is 81.0 Å². The summed E-state index contributed by atoms with van der Waals surface area (Å²) in [6.07, 6.45) is 3.24. The number of allylic oxidation sites excluding steroid dienone is 1. The fraction of sp³-hybridized carbons (Fsp3) is 0.130. The van der Waals surface area contributed by atoms with Gasteiger partial charge in [0, 0.05) is 4.88 Å². The van der Waals surface area contributed by atoms with Crippen LogP contribution in [0.25, 0.3) is 6.08 Å². The molecular formula is C23H20ClNO4S. The third-order valence-electron chi connectivity index (χ3n) is 4.10. The summed E-state index contributed by atoms with van der Waals surface area (Å²) in [7, 11) is 1.51. The highest BCUT2D eigenvalue weighted by molar-refractivity contribution is 7.14. The number of rotatable bonds is 8. The number of aryl methyl sites for hydroxylation is 1. The third-order valence-corrected chi connectivity index (χ3v) is 5.45. The van der Waals surface area contributed by atoms with Crippen molar-refractivity contribution in [2.24, 2.45) is 0 Å². The number of ether oxygens (including phenoxy) is 2. The maximum absolute atomic E-state index is 12.2. The summed E-state index contributed by atoms with van der Waals surface area (Å²) in [6.45, 7) is 1.76. The van der Waals surface area contributed by atoms with Gasteiger partial charge in [-0.15, -0.1) is 11.3 Å². The molecule has 0 aliphatic rings. The number of amides is 1. The topological polar surface area (TPSA) is 64.6 Å². The highest BCUT2D eigenvalue weighted by Crippen LogP contribution is 2.29. The van der Waals surface area contributed by atoms with Crippen molar-refractivity contribution in [1.82, 2.24) is 0 Å². The number of carbonyl (C=O) groups is 2. The number of hydrogen-bond acceptors (Lipinski definition) is 5. The number of para-hydroxylation sites is 1. The normalized spacial score (nSPS) is 10.8. The molecule has 1 heterocycles. The van der Waals surface area contributed by atoms with Crippen molar-refractivity contribution < 1.29 is 19.1 Å². The molecule has 3 rings (SSSR count). The molecule has 0 aliphatic heterocycles. The Morgan fingerprint density at radius 1 is 1.10 bits per heavy atom. The lowest BCUT2D eigenvalue weighted by Crippen LogP contribution is -2.20. The minimum absolute atomic E-state index is 0.0522. The molecule has 0 bridgehead atoms. The van der Waals surface area contributed by atoms with Crippen LogP contribution in [0.2, 0.25) is 5.02 Å². The van der Waals surface area contributed by atoms with Gasteiger partial charge >= 0.3 is 0 Å². The van der Waals surface area contributed by atoms with Gasteiger partial charge in [0.25, 0.3) is 5.91 Å². The van der Waals surface area contributed by atoms with E-state index < -0.39 is 0 Å². The molecule has 0 saturated heterocycles. The number of ketones is 1. The molecule has 1 amide bonds. The van der Waals surface area contributed by atoms with Crippen LogP contribution in [-0.2, 0) is 4.79 Å². The number of halogens is 1. The lowest BCUT2D eigenvalue weighted by atomic mass is 10.1. The van der Waals surface area contributed by atoms with E-state index in [4.69, 9.17) is 21.1 Å². The highest BCUT2D eigenvalue weighted by atomic mass is 35.5. The van der Waals surface area contributed by atoms with E-state index in [2.05, 4.69) is 5.32 Å². The fourth-order valence-corrected chi connectivity index (χ4v) is 3.59. The molecule has 0 radical (unpaired) electrons. The van der Waals surface area contributed by atoms with E-state index >= 15 is 0 Å². The molecule has 3 aromatic rings. The monoisotopic (exact) mass is 441 g/mol. The Hall–Kier alpha value is -3.09. The molecule has 0 atom stereocenters. The SMILES string of the molecule is COc1cc(/C=C/C(=O)c2ccc(C)s2)ccc1OCC(=O)Nc1ccccc1Cl. The quantitative estimate of drug-likeness (QED) is 0.363. The number of methoxy groups -OCH3 is 1. The minimum Gasteiger partial charge on any atom is -0.493 e. The van der Waals surface area contributed by atoms with Crippen LogP contribution in [0.5, 0.6) is 11.5 Å². The number of thiophene rings is 1. The Morgan fingerprint density at radius 3 is 2.60 bits per heavy atom. The molecule has 5 nitrogen and oxygen atoms in total. The second-order valence-corrected chi connectivity index (χ2v) is 8.03. The standard InChI is InChI=1S/C23H20ClNO4S/c1-15-7-12-22(30-15)19(26)10-8-16-9-11-20(21(13-16)28-2)29-14-23(27)25-18-6-4-3-5-17(18)24/h3-13H,14H2,1-2H3,(H,25,27)/b10-8+. The zero-order valence-electron chi connectivity index (χ0n) is 16.5. The van der Waals surface area contributed by atoms with Crippen molar-refractivity contribution >= 4 is 46.4 Å². The Bertz CT molecular complexity index is 1090. The molecule has 1 aromatic heterocycles. The van der Waals surface area contributed by atoms with Crippen LogP contribution >= 0.6 is 22.9 Å². The average molecular weight is 442 g/mol. The zero-order chi connectivity index (χ0) is 21.5. The van der Waals surface area contributed by atoms with Gasteiger partial charge in [0.15, 0.2) is 23.9 Å². The van der Waals surface area contributed by atoms with E-state index in [0.29, 0.717) is 27.1 Å². The van der Waals surface area contributed by atoms with Gasteiger partial charge in [-0.25, -0.2) is 0 Å². The number of anilines is 1. The van der Waals surface area contributed by atoms with Crippen LogP contribution < -0.4 is 14.8 Å². The Balaban J connectivity index is 1.62. The maximum Gasteiger partial charge on any atom is 0.262 e. The zero-order valence-corrected chi connectivity index (χ0v) is 18.0. The number of benzene rings is 2. The first kappa shape index (κ1) is 21.6. The summed E-state index contributed by atoms with van der Waals surface area (Å²) >= 11 is 7.50. The second-order valence-electron chi connectivity index (χ2n) is 6.33. The van der Waals surface area contributed by atoms with Gasteiger partial charge in [-0.3, -0.25) is 9.59 Å².